The van der Waals surface area contributed by atoms with Crippen molar-refractivity contribution in [3.63, 3.8) is 0 Å². The van der Waals surface area contributed by atoms with Gasteiger partial charge in [0.2, 0.25) is 11.8 Å². The molecule has 132 valence electrons. The largest absolute Gasteiger partial charge is 0.345 e. The van der Waals surface area contributed by atoms with Crippen molar-refractivity contribution in [2.45, 2.75) is 52.1 Å². The van der Waals surface area contributed by atoms with Gasteiger partial charge in [0.25, 0.3) is 0 Å². The molecule has 3 rings (SSSR count). The first-order valence-electron chi connectivity index (χ1n) is 8.65. The van der Waals surface area contributed by atoms with Crippen molar-refractivity contribution >= 4 is 17.5 Å². The van der Waals surface area contributed by atoms with Crippen LogP contribution < -0.4 is 10.6 Å². The lowest BCUT2D eigenvalue weighted by Gasteiger charge is -2.13. The maximum absolute atomic E-state index is 12.2. The van der Waals surface area contributed by atoms with Gasteiger partial charge >= 0.3 is 0 Å². The van der Waals surface area contributed by atoms with E-state index in [2.05, 4.69) is 25.4 Å². The van der Waals surface area contributed by atoms with Crippen LogP contribution in [0.25, 0.3) is 11.4 Å². The highest BCUT2D eigenvalue weighted by atomic mass is 16.2. The van der Waals surface area contributed by atoms with Crippen LogP contribution in [-0.2, 0) is 22.6 Å². The Bertz CT molecular complexity index is 784. The predicted octanol–water partition coefficient (Wildman–Crippen LogP) is 2.13. The Morgan fingerprint density at radius 3 is 2.84 bits per heavy atom. The van der Waals surface area contributed by atoms with Crippen LogP contribution in [0.1, 0.15) is 38.9 Å². The van der Waals surface area contributed by atoms with E-state index in [0.717, 1.165) is 43.0 Å². The number of anilines is 1. The lowest BCUT2D eigenvalue weighted by Crippen LogP contribution is -2.40. The van der Waals surface area contributed by atoms with E-state index in [0.29, 0.717) is 5.69 Å². The van der Waals surface area contributed by atoms with Crippen molar-refractivity contribution in [3.8, 4) is 11.4 Å². The fraction of sp³-hybridized carbons (Fsp3) is 0.444. The molecule has 1 unspecified atom stereocenters. The van der Waals surface area contributed by atoms with E-state index in [4.69, 9.17) is 0 Å². The first-order valence-corrected chi connectivity index (χ1v) is 8.65. The van der Waals surface area contributed by atoms with E-state index >= 15 is 0 Å². The second-order valence-corrected chi connectivity index (χ2v) is 6.39. The molecule has 0 bridgehead atoms. The molecule has 0 radical (unpaired) electrons. The van der Waals surface area contributed by atoms with Gasteiger partial charge in [-0.25, -0.2) is 0 Å². The van der Waals surface area contributed by atoms with Gasteiger partial charge in [-0.15, -0.1) is 10.2 Å². The summed E-state index contributed by atoms with van der Waals surface area (Å²) in [5.41, 5.74) is 1.59. The molecule has 7 heteroatoms. The highest BCUT2D eigenvalue weighted by Gasteiger charge is 2.17. The molecule has 2 amide bonds. The van der Waals surface area contributed by atoms with Gasteiger partial charge in [-0.05, 0) is 31.9 Å². The van der Waals surface area contributed by atoms with Crippen molar-refractivity contribution in [2.24, 2.45) is 0 Å². The number of carbonyl (C=O) groups is 2. The average molecular weight is 341 g/mol. The SMILES string of the molecule is CC(=O)NC(C)C(=O)Nc1cccc(-c2nnc3n2CCCCC3)c1. The predicted molar refractivity (Wildman–Crippen MR) is 94.9 cm³/mol. The Kier molecular flexibility index (Phi) is 5.11. The van der Waals surface area contributed by atoms with Gasteiger partial charge in [-0.3, -0.25) is 9.59 Å². The number of rotatable bonds is 4. The lowest BCUT2D eigenvalue weighted by molar-refractivity contribution is -0.124. The normalized spacial score (nSPS) is 15.0. The van der Waals surface area contributed by atoms with Gasteiger partial charge in [0.05, 0.1) is 0 Å². The Morgan fingerprint density at radius 2 is 2.04 bits per heavy atom. The number of fused-ring (bicyclic) bond motifs is 1. The molecule has 1 aliphatic rings. The third-order valence-electron chi connectivity index (χ3n) is 4.31. The zero-order valence-corrected chi connectivity index (χ0v) is 14.6. The first kappa shape index (κ1) is 17.1. The van der Waals surface area contributed by atoms with Crippen molar-refractivity contribution < 1.29 is 9.59 Å². The van der Waals surface area contributed by atoms with Crippen LogP contribution in [0.3, 0.4) is 0 Å². The molecule has 0 saturated heterocycles. The Labute approximate surface area is 146 Å². The molecule has 7 nitrogen and oxygen atoms in total. The van der Waals surface area contributed by atoms with Gasteiger partial charge in [-0.1, -0.05) is 18.6 Å². The van der Waals surface area contributed by atoms with Gasteiger partial charge in [0.15, 0.2) is 5.82 Å². The van der Waals surface area contributed by atoms with Crippen LogP contribution in [0.2, 0.25) is 0 Å². The fourth-order valence-electron chi connectivity index (χ4n) is 3.06. The molecule has 0 spiro atoms. The summed E-state index contributed by atoms with van der Waals surface area (Å²) in [6.07, 6.45) is 4.44. The molecular formula is C18H23N5O2. The number of nitrogens with zero attached hydrogens (tertiary/aromatic N) is 3. The highest BCUT2D eigenvalue weighted by molar-refractivity contribution is 5.97. The number of hydrogen-bond donors (Lipinski definition) is 2. The number of benzene rings is 1. The van der Waals surface area contributed by atoms with Crippen molar-refractivity contribution in [1.29, 1.82) is 0 Å². The topological polar surface area (TPSA) is 88.9 Å². The number of aromatic nitrogens is 3. The van der Waals surface area contributed by atoms with Gasteiger partial charge < -0.3 is 15.2 Å². The second-order valence-electron chi connectivity index (χ2n) is 6.39. The summed E-state index contributed by atoms with van der Waals surface area (Å²) in [5.74, 6) is 1.37. The summed E-state index contributed by atoms with van der Waals surface area (Å²) >= 11 is 0. The molecule has 1 aliphatic heterocycles. The zero-order chi connectivity index (χ0) is 17.8. The number of hydrogen-bond acceptors (Lipinski definition) is 4. The van der Waals surface area contributed by atoms with E-state index in [-0.39, 0.29) is 11.8 Å². The second kappa shape index (κ2) is 7.46. The maximum atomic E-state index is 12.2. The summed E-state index contributed by atoms with van der Waals surface area (Å²) < 4.78 is 2.17. The van der Waals surface area contributed by atoms with Crippen molar-refractivity contribution in [3.05, 3.63) is 30.1 Å². The number of nitrogens with one attached hydrogen (secondary N) is 2. The quantitative estimate of drug-likeness (QED) is 0.891. The van der Waals surface area contributed by atoms with Gasteiger partial charge in [0, 0.05) is 31.1 Å². The molecular weight excluding hydrogens is 318 g/mol. The van der Waals surface area contributed by atoms with Gasteiger partial charge in [-0.2, -0.15) is 0 Å². The van der Waals surface area contributed by atoms with Crippen molar-refractivity contribution in [1.82, 2.24) is 20.1 Å². The molecule has 2 heterocycles. The molecule has 0 saturated carbocycles. The fourth-order valence-corrected chi connectivity index (χ4v) is 3.06. The third-order valence-corrected chi connectivity index (χ3v) is 4.31. The lowest BCUT2D eigenvalue weighted by atomic mass is 10.1. The third kappa shape index (κ3) is 4.04. The van der Waals surface area contributed by atoms with E-state index in [1.54, 1.807) is 6.92 Å². The van der Waals surface area contributed by atoms with Gasteiger partial charge in [0.1, 0.15) is 11.9 Å². The van der Waals surface area contributed by atoms with Crippen LogP contribution in [0.5, 0.6) is 0 Å². The molecule has 1 atom stereocenters. The van der Waals surface area contributed by atoms with E-state index < -0.39 is 6.04 Å². The highest BCUT2D eigenvalue weighted by Crippen LogP contribution is 2.24. The summed E-state index contributed by atoms with van der Waals surface area (Å²) in [7, 11) is 0. The van der Waals surface area contributed by atoms with Crippen LogP contribution in [0.4, 0.5) is 5.69 Å². The molecule has 0 fully saturated rings. The maximum Gasteiger partial charge on any atom is 0.246 e. The van der Waals surface area contributed by atoms with Crippen molar-refractivity contribution in [2.75, 3.05) is 5.32 Å². The summed E-state index contributed by atoms with van der Waals surface area (Å²) in [4.78, 5) is 23.2. The Morgan fingerprint density at radius 1 is 1.20 bits per heavy atom. The van der Waals surface area contributed by atoms with Crippen LogP contribution in [0, 0.1) is 0 Å². The number of aryl methyl sites for hydroxylation is 1. The Balaban J connectivity index is 1.79. The molecule has 1 aromatic heterocycles. The number of carbonyl (C=O) groups excluding carboxylic acids is 2. The minimum Gasteiger partial charge on any atom is -0.345 e. The van der Waals surface area contributed by atoms with Crippen LogP contribution in [0.15, 0.2) is 24.3 Å². The Hall–Kier alpha value is -2.70. The molecule has 25 heavy (non-hydrogen) atoms. The standard InChI is InChI=1S/C18H23N5O2/c1-12(19-13(2)24)18(25)20-15-8-6-7-14(11-15)17-22-21-16-9-4-3-5-10-23(16)17/h6-8,11-12H,3-5,9-10H2,1-2H3,(H,19,24)(H,20,25). The molecule has 1 aromatic carbocycles. The van der Waals surface area contributed by atoms with Crippen LogP contribution in [-0.4, -0.2) is 32.6 Å². The smallest absolute Gasteiger partial charge is 0.246 e. The average Bonchev–Trinajstić information content (AvgIpc) is 2.83. The zero-order valence-electron chi connectivity index (χ0n) is 14.6. The summed E-state index contributed by atoms with van der Waals surface area (Å²) in [6.45, 7) is 3.97. The monoisotopic (exact) mass is 341 g/mol. The summed E-state index contributed by atoms with van der Waals surface area (Å²) in [6, 6.07) is 6.97. The molecule has 0 aliphatic carbocycles. The summed E-state index contributed by atoms with van der Waals surface area (Å²) in [5, 5.41) is 14.1. The van der Waals surface area contributed by atoms with E-state index in [1.807, 2.05) is 24.3 Å². The van der Waals surface area contributed by atoms with E-state index in [1.165, 1.54) is 13.3 Å². The number of amides is 2. The van der Waals surface area contributed by atoms with Crippen LogP contribution >= 0.6 is 0 Å². The molecule has 2 aromatic rings. The minimum absolute atomic E-state index is 0.234. The minimum atomic E-state index is -0.592. The van der Waals surface area contributed by atoms with E-state index in [9.17, 15) is 9.59 Å². The molecule has 2 N–H and O–H groups in total. The first-order chi connectivity index (χ1) is 12.0.